The summed E-state index contributed by atoms with van der Waals surface area (Å²) in [6.45, 7) is 8.53. The number of hydrogen-bond acceptors (Lipinski definition) is 5. The number of piperidine rings is 1. The van der Waals surface area contributed by atoms with E-state index in [-0.39, 0.29) is 0 Å². The van der Waals surface area contributed by atoms with Gasteiger partial charge in [0.25, 0.3) is 0 Å². The maximum atomic E-state index is 5.87. The Labute approximate surface area is 198 Å². The first-order valence-corrected chi connectivity index (χ1v) is 12.3. The molecule has 1 aliphatic heterocycles. The van der Waals surface area contributed by atoms with E-state index in [2.05, 4.69) is 65.4 Å². The number of likely N-dealkylation sites (N-methyl/N-ethyl adjacent to an activating group) is 1. The van der Waals surface area contributed by atoms with Gasteiger partial charge in [0, 0.05) is 25.2 Å². The lowest BCUT2D eigenvalue weighted by atomic mass is 9.88. The van der Waals surface area contributed by atoms with Crippen LogP contribution in [0.4, 0.5) is 0 Å². The maximum Gasteiger partial charge on any atom is 0.138 e. The van der Waals surface area contributed by atoms with Crippen molar-refractivity contribution in [3.8, 4) is 17.1 Å². The average molecular weight is 450 g/mol. The fraction of sp³-hybridized carbons (Fsp3) is 0.519. The molecule has 0 aliphatic carbocycles. The van der Waals surface area contributed by atoms with Gasteiger partial charge < -0.3 is 24.8 Å². The number of hydrogen-bond donors (Lipinski definition) is 2. The third-order valence-electron chi connectivity index (χ3n) is 6.68. The van der Waals surface area contributed by atoms with E-state index >= 15 is 0 Å². The normalized spacial score (nSPS) is 15.5. The molecule has 2 aromatic carbocycles. The quantitative estimate of drug-likeness (QED) is 0.453. The number of ether oxygens (including phenoxy) is 1. The molecular formula is C27H39N5O. The van der Waals surface area contributed by atoms with E-state index in [9.17, 15) is 0 Å². The van der Waals surface area contributed by atoms with E-state index in [1.165, 1.54) is 37.1 Å². The first kappa shape index (κ1) is 23.7. The first-order valence-electron chi connectivity index (χ1n) is 12.3. The van der Waals surface area contributed by atoms with Gasteiger partial charge in [-0.05, 0) is 108 Å². The molecule has 6 heteroatoms. The fourth-order valence-electron chi connectivity index (χ4n) is 4.73. The van der Waals surface area contributed by atoms with Crippen LogP contribution in [0.5, 0.6) is 5.75 Å². The largest absolute Gasteiger partial charge is 0.494 e. The van der Waals surface area contributed by atoms with Crippen LogP contribution in [0.15, 0.2) is 36.4 Å². The number of H-pyrrole nitrogens is 1. The number of aromatic amines is 1. The minimum Gasteiger partial charge on any atom is -0.494 e. The number of aromatic nitrogens is 2. The lowest BCUT2D eigenvalue weighted by Gasteiger charge is -2.32. The van der Waals surface area contributed by atoms with Crippen LogP contribution >= 0.6 is 0 Å². The summed E-state index contributed by atoms with van der Waals surface area (Å²) in [4.78, 5) is 13.2. The van der Waals surface area contributed by atoms with Crippen molar-refractivity contribution in [2.45, 2.75) is 32.1 Å². The Morgan fingerprint density at radius 3 is 2.61 bits per heavy atom. The summed E-state index contributed by atoms with van der Waals surface area (Å²) in [5.74, 6) is 2.47. The molecule has 2 heterocycles. The zero-order chi connectivity index (χ0) is 23.2. The molecule has 2 N–H and O–H groups in total. The third kappa shape index (κ3) is 6.14. The molecule has 3 aromatic rings. The SMILES string of the molecule is CNCCN1CCC(c2cc(C)c3nc(-c4ccc(OCCCN(C)C)cc4)[nH]c3c2)CC1. The molecule has 0 saturated carbocycles. The molecule has 6 nitrogen and oxygen atoms in total. The number of fused-ring (bicyclic) bond motifs is 1. The van der Waals surface area contributed by atoms with Crippen LogP contribution in [0.3, 0.4) is 0 Å². The number of likely N-dealkylation sites (tertiary alicyclic amines) is 1. The molecule has 0 bridgehead atoms. The first-order chi connectivity index (χ1) is 16.0. The van der Waals surface area contributed by atoms with Crippen molar-refractivity contribution < 1.29 is 4.74 Å². The molecule has 0 radical (unpaired) electrons. The number of nitrogens with zero attached hydrogens (tertiary/aromatic N) is 3. The standard InChI is InChI=1S/C27H39N5O/c1-20-18-23(21-10-14-32(15-11-21)16-12-28-2)19-25-26(20)30-27(29-25)22-6-8-24(9-7-22)33-17-5-13-31(3)4/h6-9,18-19,21,28H,5,10-17H2,1-4H3,(H,29,30). The van der Waals surface area contributed by atoms with Crippen molar-refractivity contribution in [3.63, 3.8) is 0 Å². The van der Waals surface area contributed by atoms with Crippen LogP contribution in [-0.4, -0.2) is 80.2 Å². The zero-order valence-corrected chi connectivity index (χ0v) is 20.7. The molecule has 178 valence electrons. The van der Waals surface area contributed by atoms with E-state index in [4.69, 9.17) is 9.72 Å². The van der Waals surface area contributed by atoms with Gasteiger partial charge in [0.15, 0.2) is 0 Å². The summed E-state index contributed by atoms with van der Waals surface area (Å²) >= 11 is 0. The van der Waals surface area contributed by atoms with E-state index in [0.717, 1.165) is 60.8 Å². The number of nitrogens with one attached hydrogen (secondary N) is 2. The zero-order valence-electron chi connectivity index (χ0n) is 20.7. The summed E-state index contributed by atoms with van der Waals surface area (Å²) in [6, 6.07) is 12.9. The second kappa shape index (κ2) is 11.1. The summed E-state index contributed by atoms with van der Waals surface area (Å²) in [5, 5.41) is 3.26. The lowest BCUT2D eigenvalue weighted by molar-refractivity contribution is 0.214. The smallest absolute Gasteiger partial charge is 0.138 e. The van der Waals surface area contributed by atoms with Gasteiger partial charge >= 0.3 is 0 Å². The summed E-state index contributed by atoms with van der Waals surface area (Å²) in [7, 11) is 6.20. The Balaban J connectivity index is 1.42. The monoisotopic (exact) mass is 449 g/mol. The van der Waals surface area contributed by atoms with Gasteiger partial charge in [0.1, 0.15) is 11.6 Å². The Bertz CT molecular complexity index is 1020. The van der Waals surface area contributed by atoms with Crippen molar-refractivity contribution in [1.29, 1.82) is 0 Å². The Kier molecular flexibility index (Phi) is 8.02. The molecule has 0 atom stereocenters. The molecule has 1 aromatic heterocycles. The van der Waals surface area contributed by atoms with Crippen molar-refractivity contribution in [2.24, 2.45) is 0 Å². The van der Waals surface area contributed by atoms with Crippen LogP contribution in [-0.2, 0) is 0 Å². The minimum atomic E-state index is 0.634. The number of rotatable bonds is 10. The predicted molar refractivity (Wildman–Crippen MR) is 137 cm³/mol. The highest BCUT2D eigenvalue weighted by molar-refractivity contribution is 5.83. The highest BCUT2D eigenvalue weighted by atomic mass is 16.5. The Morgan fingerprint density at radius 2 is 1.91 bits per heavy atom. The molecule has 33 heavy (non-hydrogen) atoms. The van der Waals surface area contributed by atoms with Gasteiger partial charge in [-0.15, -0.1) is 0 Å². The van der Waals surface area contributed by atoms with Crippen molar-refractivity contribution in [3.05, 3.63) is 47.5 Å². The van der Waals surface area contributed by atoms with E-state index in [0.29, 0.717) is 5.92 Å². The summed E-state index contributed by atoms with van der Waals surface area (Å²) in [6.07, 6.45) is 3.48. The molecule has 0 spiro atoms. The number of aryl methyl sites for hydroxylation is 1. The summed E-state index contributed by atoms with van der Waals surface area (Å²) in [5.41, 5.74) is 6.00. The Morgan fingerprint density at radius 1 is 1.15 bits per heavy atom. The molecule has 4 rings (SSSR count). The van der Waals surface area contributed by atoms with E-state index < -0.39 is 0 Å². The van der Waals surface area contributed by atoms with Gasteiger partial charge in [-0.2, -0.15) is 0 Å². The lowest BCUT2D eigenvalue weighted by Crippen LogP contribution is -2.37. The second-order valence-electron chi connectivity index (χ2n) is 9.57. The van der Waals surface area contributed by atoms with Crippen molar-refractivity contribution in [2.75, 3.05) is 60.5 Å². The highest BCUT2D eigenvalue weighted by Gasteiger charge is 2.21. The minimum absolute atomic E-state index is 0.634. The van der Waals surface area contributed by atoms with Crippen LogP contribution in [0.2, 0.25) is 0 Å². The molecule has 0 amide bonds. The third-order valence-corrected chi connectivity index (χ3v) is 6.68. The van der Waals surface area contributed by atoms with Gasteiger partial charge in [-0.25, -0.2) is 4.98 Å². The molecule has 1 fully saturated rings. The van der Waals surface area contributed by atoms with E-state index in [1.54, 1.807) is 0 Å². The van der Waals surface area contributed by atoms with E-state index in [1.807, 2.05) is 19.2 Å². The van der Waals surface area contributed by atoms with Crippen LogP contribution < -0.4 is 10.1 Å². The fourth-order valence-corrected chi connectivity index (χ4v) is 4.73. The van der Waals surface area contributed by atoms with Gasteiger partial charge in [0.05, 0.1) is 17.6 Å². The Hall–Kier alpha value is -2.41. The molecular weight excluding hydrogens is 410 g/mol. The molecule has 0 unspecified atom stereocenters. The highest BCUT2D eigenvalue weighted by Crippen LogP contribution is 2.32. The second-order valence-corrected chi connectivity index (χ2v) is 9.57. The van der Waals surface area contributed by atoms with Crippen LogP contribution in [0.1, 0.15) is 36.3 Å². The van der Waals surface area contributed by atoms with Gasteiger partial charge in [0.2, 0.25) is 0 Å². The van der Waals surface area contributed by atoms with Gasteiger partial charge in [-0.3, -0.25) is 0 Å². The van der Waals surface area contributed by atoms with Crippen molar-refractivity contribution in [1.82, 2.24) is 25.1 Å². The predicted octanol–water partition coefficient (Wildman–Crippen LogP) is 4.27. The molecule has 1 saturated heterocycles. The number of benzene rings is 2. The van der Waals surface area contributed by atoms with Crippen LogP contribution in [0, 0.1) is 6.92 Å². The number of imidazole rings is 1. The van der Waals surface area contributed by atoms with Crippen LogP contribution in [0.25, 0.3) is 22.4 Å². The molecule has 1 aliphatic rings. The average Bonchev–Trinajstić information content (AvgIpc) is 3.26. The van der Waals surface area contributed by atoms with Gasteiger partial charge in [-0.1, -0.05) is 6.07 Å². The summed E-state index contributed by atoms with van der Waals surface area (Å²) < 4.78 is 5.87. The van der Waals surface area contributed by atoms with Crippen molar-refractivity contribution >= 4 is 11.0 Å². The maximum absolute atomic E-state index is 5.87. The topological polar surface area (TPSA) is 56.4 Å².